The van der Waals surface area contributed by atoms with E-state index in [1.807, 2.05) is 0 Å². The molecule has 0 bridgehead atoms. The highest BCUT2D eigenvalue weighted by Crippen LogP contribution is 2.22. The number of nitrogen functional groups attached to an aromatic ring is 1. The zero-order chi connectivity index (χ0) is 13.4. The van der Waals surface area contributed by atoms with Crippen molar-refractivity contribution in [2.24, 2.45) is 0 Å². The molecule has 0 saturated heterocycles. The summed E-state index contributed by atoms with van der Waals surface area (Å²) in [6.45, 7) is 0. The molecule has 3 heterocycles. The highest BCUT2D eigenvalue weighted by molar-refractivity contribution is 6.31. The van der Waals surface area contributed by atoms with Crippen LogP contribution in [0.4, 0.5) is 5.69 Å². The highest BCUT2D eigenvalue weighted by atomic mass is 35.5. The van der Waals surface area contributed by atoms with E-state index in [0.717, 1.165) is 5.39 Å². The second-order valence-corrected chi connectivity index (χ2v) is 4.46. The monoisotopic (exact) mass is 272 g/mol. The standard InChI is InChI=1S/C13H9ClN4O/c14-7-5-10(15)11(18-6-7)12(19)8-1-3-16-13-9(8)2-4-17-13/h1-6H,15H2,(H,16,17). The number of pyridine rings is 2. The number of anilines is 1. The summed E-state index contributed by atoms with van der Waals surface area (Å²) in [5.41, 5.74) is 7.40. The fourth-order valence-electron chi connectivity index (χ4n) is 1.93. The van der Waals surface area contributed by atoms with Crippen molar-refractivity contribution in [1.82, 2.24) is 15.0 Å². The van der Waals surface area contributed by atoms with E-state index in [0.29, 0.717) is 16.2 Å². The molecule has 0 aliphatic heterocycles. The van der Waals surface area contributed by atoms with E-state index in [-0.39, 0.29) is 17.2 Å². The van der Waals surface area contributed by atoms with Gasteiger partial charge in [0.2, 0.25) is 5.78 Å². The molecule has 0 fully saturated rings. The first-order chi connectivity index (χ1) is 9.16. The van der Waals surface area contributed by atoms with E-state index in [2.05, 4.69) is 15.0 Å². The lowest BCUT2D eigenvalue weighted by Gasteiger charge is -2.05. The van der Waals surface area contributed by atoms with Gasteiger partial charge in [0.25, 0.3) is 0 Å². The molecule has 0 unspecified atom stereocenters. The Bertz CT molecular complexity index is 781. The van der Waals surface area contributed by atoms with Gasteiger partial charge in [-0.3, -0.25) is 4.79 Å². The van der Waals surface area contributed by atoms with Crippen LogP contribution in [0.2, 0.25) is 5.02 Å². The van der Waals surface area contributed by atoms with Crippen LogP contribution in [0.15, 0.2) is 36.8 Å². The molecule has 5 nitrogen and oxygen atoms in total. The Morgan fingerprint density at radius 3 is 2.95 bits per heavy atom. The Labute approximate surface area is 113 Å². The van der Waals surface area contributed by atoms with Crippen molar-refractivity contribution in [2.45, 2.75) is 0 Å². The lowest BCUT2D eigenvalue weighted by molar-refractivity contribution is 0.103. The van der Waals surface area contributed by atoms with E-state index in [1.165, 1.54) is 12.3 Å². The quantitative estimate of drug-likeness (QED) is 0.702. The number of nitrogens with zero attached hydrogens (tertiary/aromatic N) is 2. The van der Waals surface area contributed by atoms with E-state index in [1.54, 1.807) is 24.5 Å². The average Bonchev–Trinajstić information content (AvgIpc) is 2.86. The zero-order valence-electron chi connectivity index (χ0n) is 9.72. The van der Waals surface area contributed by atoms with Crippen molar-refractivity contribution in [2.75, 3.05) is 5.73 Å². The van der Waals surface area contributed by atoms with E-state index in [9.17, 15) is 4.79 Å². The minimum Gasteiger partial charge on any atom is -0.397 e. The predicted octanol–water partition coefficient (Wildman–Crippen LogP) is 2.42. The second kappa shape index (κ2) is 4.37. The molecule has 0 saturated carbocycles. The van der Waals surface area contributed by atoms with Crippen molar-refractivity contribution >= 4 is 34.1 Å². The molecule has 0 spiro atoms. The van der Waals surface area contributed by atoms with Crippen molar-refractivity contribution in [3.63, 3.8) is 0 Å². The van der Waals surface area contributed by atoms with E-state index in [4.69, 9.17) is 17.3 Å². The van der Waals surface area contributed by atoms with Gasteiger partial charge in [0.1, 0.15) is 11.3 Å². The van der Waals surface area contributed by atoms with Crippen LogP contribution >= 0.6 is 11.6 Å². The summed E-state index contributed by atoms with van der Waals surface area (Å²) in [7, 11) is 0. The van der Waals surface area contributed by atoms with Crippen LogP contribution in [-0.2, 0) is 0 Å². The third-order valence-corrected chi connectivity index (χ3v) is 3.01. The van der Waals surface area contributed by atoms with Crippen LogP contribution in [0.5, 0.6) is 0 Å². The normalized spacial score (nSPS) is 10.8. The first kappa shape index (κ1) is 11.7. The summed E-state index contributed by atoms with van der Waals surface area (Å²) in [5.74, 6) is -0.249. The predicted molar refractivity (Wildman–Crippen MR) is 73.2 cm³/mol. The topological polar surface area (TPSA) is 84.7 Å². The number of aromatic nitrogens is 3. The van der Waals surface area contributed by atoms with E-state index >= 15 is 0 Å². The zero-order valence-corrected chi connectivity index (χ0v) is 10.5. The van der Waals surface area contributed by atoms with Gasteiger partial charge in [0.05, 0.1) is 10.7 Å². The Balaban J connectivity index is 2.16. The SMILES string of the molecule is Nc1cc(Cl)cnc1C(=O)c1ccnc2[nH]ccc12. The van der Waals surface area contributed by atoms with Crippen LogP contribution in [0, 0.1) is 0 Å². The first-order valence-corrected chi connectivity index (χ1v) is 5.92. The van der Waals surface area contributed by atoms with Gasteiger partial charge in [0.15, 0.2) is 0 Å². The number of H-pyrrole nitrogens is 1. The molecule has 6 heteroatoms. The smallest absolute Gasteiger partial charge is 0.214 e. The van der Waals surface area contributed by atoms with Crippen LogP contribution in [0.3, 0.4) is 0 Å². The highest BCUT2D eigenvalue weighted by Gasteiger charge is 2.17. The van der Waals surface area contributed by atoms with Crippen molar-refractivity contribution in [3.05, 3.63) is 53.1 Å². The molecule has 0 atom stereocenters. The number of rotatable bonds is 2. The Kier molecular flexibility index (Phi) is 2.68. The lowest BCUT2D eigenvalue weighted by atomic mass is 10.0. The number of aromatic amines is 1. The number of halogens is 1. The van der Waals surface area contributed by atoms with Gasteiger partial charge in [-0.2, -0.15) is 0 Å². The molecule has 94 valence electrons. The molecule has 0 aliphatic carbocycles. The molecule has 0 aromatic carbocycles. The molecule has 0 aliphatic rings. The maximum Gasteiger partial charge on any atom is 0.214 e. The Morgan fingerprint density at radius 2 is 2.16 bits per heavy atom. The maximum atomic E-state index is 12.5. The molecule has 0 radical (unpaired) electrons. The molecular weight excluding hydrogens is 264 g/mol. The summed E-state index contributed by atoms with van der Waals surface area (Å²) < 4.78 is 0. The van der Waals surface area contributed by atoms with Crippen molar-refractivity contribution in [1.29, 1.82) is 0 Å². The number of fused-ring (bicyclic) bond motifs is 1. The van der Waals surface area contributed by atoms with Gasteiger partial charge in [0, 0.05) is 29.5 Å². The van der Waals surface area contributed by atoms with Crippen LogP contribution in [-0.4, -0.2) is 20.7 Å². The van der Waals surface area contributed by atoms with Crippen LogP contribution in [0.1, 0.15) is 16.1 Å². The number of ketones is 1. The van der Waals surface area contributed by atoms with E-state index < -0.39 is 0 Å². The third kappa shape index (κ3) is 1.94. The fraction of sp³-hybridized carbons (Fsp3) is 0. The second-order valence-electron chi connectivity index (χ2n) is 4.02. The van der Waals surface area contributed by atoms with Crippen LogP contribution < -0.4 is 5.73 Å². The molecule has 3 rings (SSSR count). The van der Waals surface area contributed by atoms with Gasteiger partial charge in [-0.1, -0.05) is 11.6 Å². The number of carbonyl (C=O) groups is 1. The van der Waals surface area contributed by atoms with Gasteiger partial charge in [-0.05, 0) is 18.2 Å². The van der Waals surface area contributed by atoms with Gasteiger partial charge >= 0.3 is 0 Å². The minimum absolute atomic E-state index is 0.193. The summed E-state index contributed by atoms with van der Waals surface area (Å²) in [5, 5.41) is 1.14. The number of carbonyl (C=O) groups excluding carboxylic acids is 1. The summed E-state index contributed by atoms with van der Waals surface area (Å²) >= 11 is 5.78. The lowest BCUT2D eigenvalue weighted by Crippen LogP contribution is -2.08. The van der Waals surface area contributed by atoms with Crippen molar-refractivity contribution < 1.29 is 4.79 Å². The number of nitrogens with two attached hydrogens (primary N) is 1. The van der Waals surface area contributed by atoms with Gasteiger partial charge in [-0.15, -0.1) is 0 Å². The Morgan fingerprint density at radius 1 is 1.32 bits per heavy atom. The van der Waals surface area contributed by atoms with Crippen LogP contribution in [0.25, 0.3) is 11.0 Å². The van der Waals surface area contributed by atoms with Gasteiger partial charge in [-0.25, -0.2) is 9.97 Å². The number of nitrogens with one attached hydrogen (secondary N) is 1. The molecule has 0 amide bonds. The van der Waals surface area contributed by atoms with Crippen molar-refractivity contribution in [3.8, 4) is 0 Å². The molecule has 3 N–H and O–H groups in total. The fourth-order valence-corrected chi connectivity index (χ4v) is 2.10. The first-order valence-electron chi connectivity index (χ1n) is 5.54. The molecule has 3 aromatic heterocycles. The summed E-state index contributed by atoms with van der Waals surface area (Å²) in [4.78, 5) is 23.6. The average molecular weight is 273 g/mol. The third-order valence-electron chi connectivity index (χ3n) is 2.80. The number of hydrogen-bond acceptors (Lipinski definition) is 4. The summed E-state index contributed by atoms with van der Waals surface area (Å²) in [6, 6.07) is 4.95. The molecular formula is C13H9ClN4O. The molecule has 19 heavy (non-hydrogen) atoms. The number of hydrogen-bond donors (Lipinski definition) is 2. The minimum atomic E-state index is -0.249. The van der Waals surface area contributed by atoms with Gasteiger partial charge < -0.3 is 10.7 Å². The molecule has 3 aromatic rings. The Hall–Kier alpha value is -2.40. The maximum absolute atomic E-state index is 12.5. The summed E-state index contributed by atoms with van der Waals surface area (Å²) in [6.07, 6.45) is 4.70. The largest absolute Gasteiger partial charge is 0.397 e.